The maximum Gasteiger partial charge on any atom is 0.296 e. The van der Waals surface area contributed by atoms with Gasteiger partial charge in [0.05, 0.1) is 12.2 Å². The fourth-order valence-electron chi connectivity index (χ4n) is 1.61. The van der Waals surface area contributed by atoms with Gasteiger partial charge in [-0.15, -0.1) is 0 Å². The molecule has 6 heteroatoms. The zero-order valence-corrected chi connectivity index (χ0v) is 9.58. The quantitative estimate of drug-likeness (QED) is 0.725. The number of hydrogen-bond donors (Lipinski definition) is 0. The predicted molar refractivity (Wildman–Crippen MR) is 58.5 cm³/mol. The van der Waals surface area contributed by atoms with E-state index in [1.807, 2.05) is 26.2 Å². The van der Waals surface area contributed by atoms with Crippen molar-refractivity contribution in [3.8, 4) is 0 Å². The molecule has 6 nitrogen and oxygen atoms in total. The van der Waals surface area contributed by atoms with Crippen LogP contribution in [0.3, 0.4) is 0 Å². The van der Waals surface area contributed by atoms with Crippen LogP contribution in [0.15, 0.2) is 18.5 Å². The van der Waals surface area contributed by atoms with E-state index in [-0.39, 0.29) is 0 Å². The normalized spacial score (nSPS) is 10.7. The third kappa shape index (κ3) is 1.86. The number of nitroso groups, excluding NO2 is 1. The molecule has 0 saturated heterocycles. The Balaban J connectivity index is 2.25. The summed E-state index contributed by atoms with van der Waals surface area (Å²) < 4.78 is 4.33. The van der Waals surface area contributed by atoms with Crippen LogP contribution in [0, 0.1) is 11.8 Å². The van der Waals surface area contributed by atoms with E-state index in [1.165, 1.54) is 7.05 Å². The first-order valence-corrected chi connectivity index (χ1v) is 4.99. The smallest absolute Gasteiger partial charge is 0.275 e. The fourth-order valence-corrected chi connectivity index (χ4v) is 1.61. The van der Waals surface area contributed by atoms with Gasteiger partial charge in [0.25, 0.3) is 5.69 Å². The second-order valence-electron chi connectivity index (χ2n) is 3.75. The molecule has 0 unspecified atom stereocenters. The van der Waals surface area contributed by atoms with Crippen molar-refractivity contribution in [2.24, 2.45) is 7.05 Å². The van der Waals surface area contributed by atoms with Crippen molar-refractivity contribution < 1.29 is 4.76 Å². The van der Waals surface area contributed by atoms with Gasteiger partial charge in [0.15, 0.2) is 7.05 Å². The molecule has 0 radical (unpaired) electrons. The summed E-state index contributed by atoms with van der Waals surface area (Å²) in [5.41, 5.74) is 2.37. The first-order chi connectivity index (χ1) is 7.58. The van der Waals surface area contributed by atoms with Gasteiger partial charge in [-0.1, -0.05) is 0 Å². The van der Waals surface area contributed by atoms with Crippen molar-refractivity contribution >= 4 is 5.69 Å². The molecule has 2 rings (SSSR count). The summed E-state index contributed by atoms with van der Waals surface area (Å²) in [4.78, 5) is 11.2. The minimum atomic E-state index is 0.584. The summed E-state index contributed by atoms with van der Waals surface area (Å²) in [5, 5.41) is 8.43. The van der Waals surface area contributed by atoms with Gasteiger partial charge in [-0.05, 0) is 13.0 Å². The SMILES string of the molecule is Cc1c([N+](C)=O)cnn1Cc1ccn(C)n1. The van der Waals surface area contributed by atoms with E-state index in [1.54, 1.807) is 15.6 Å². The molecule has 0 saturated carbocycles. The van der Waals surface area contributed by atoms with Gasteiger partial charge in [0.2, 0.25) is 0 Å². The Morgan fingerprint density at radius 3 is 2.75 bits per heavy atom. The highest BCUT2D eigenvalue weighted by atomic mass is 16.3. The summed E-state index contributed by atoms with van der Waals surface area (Å²) in [6, 6.07) is 1.93. The third-order valence-corrected chi connectivity index (χ3v) is 2.50. The molecular formula is C10H14N5O+. The maximum atomic E-state index is 11.2. The van der Waals surface area contributed by atoms with Gasteiger partial charge in [-0.2, -0.15) is 10.2 Å². The number of aryl methyl sites for hydroxylation is 1. The minimum absolute atomic E-state index is 0.584. The van der Waals surface area contributed by atoms with Crippen molar-refractivity contribution in [2.75, 3.05) is 7.05 Å². The van der Waals surface area contributed by atoms with Crippen LogP contribution in [0.4, 0.5) is 5.69 Å². The minimum Gasteiger partial charge on any atom is -0.275 e. The molecule has 0 aliphatic rings. The predicted octanol–water partition coefficient (Wildman–Crippen LogP) is 1.01. The molecule has 0 bridgehead atoms. The van der Waals surface area contributed by atoms with Crippen molar-refractivity contribution in [1.82, 2.24) is 19.6 Å². The maximum absolute atomic E-state index is 11.2. The highest BCUT2D eigenvalue weighted by molar-refractivity contribution is 5.31. The van der Waals surface area contributed by atoms with Crippen LogP contribution >= 0.6 is 0 Å². The lowest BCUT2D eigenvalue weighted by molar-refractivity contribution is -0.428. The molecule has 0 aliphatic heterocycles. The second-order valence-corrected chi connectivity index (χ2v) is 3.75. The average Bonchev–Trinajstić information content (AvgIpc) is 2.76. The van der Waals surface area contributed by atoms with Gasteiger partial charge in [-0.3, -0.25) is 9.36 Å². The molecule has 2 aromatic heterocycles. The highest BCUT2D eigenvalue weighted by Crippen LogP contribution is 2.16. The Kier molecular flexibility index (Phi) is 2.55. The van der Waals surface area contributed by atoms with Crippen LogP contribution in [-0.4, -0.2) is 31.4 Å². The van der Waals surface area contributed by atoms with Crippen molar-refractivity contribution in [2.45, 2.75) is 13.5 Å². The summed E-state index contributed by atoms with van der Waals surface area (Å²) in [5.74, 6) is 0. The highest BCUT2D eigenvalue weighted by Gasteiger charge is 2.17. The Labute approximate surface area is 93.1 Å². The van der Waals surface area contributed by atoms with Crippen LogP contribution in [0.1, 0.15) is 11.4 Å². The van der Waals surface area contributed by atoms with Gasteiger partial charge in [0, 0.05) is 22.9 Å². The van der Waals surface area contributed by atoms with Crippen molar-refractivity contribution in [3.05, 3.63) is 34.8 Å². The van der Waals surface area contributed by atoms with Crippen molar-refractivity contribution in [1.29, 1.82) is 0 Å². The molecule has 16 heavy (non-hydrogen) atoms. The van der Waals surface area contributed by atoms with Crippen molar-refractivity contribution in [3.63, 3.8) is 0 Å². The van der Waals surface area contributed by atoms with E-state index < -0.39 is 0 Å². The van der Waals surface area contributed by atoms with Crippen LogP contribution in [0.5, 0.6) is 0 Å². The molecule has 0 spiro atoms. The van der Waals surface area contributed by atoms with E-state index in [0.29, 0.717) is 12.2 Å². The van der Waals surface area contributed by atoms with Gasteiger partial charge < -0.3 is 0 Å². The summed E-state index contributed by atoms with van der Waals surface area (Å²) in [6.45, 7) is 2.46. The second kappa shape index (κ2) is 3.88. The standard InChI is InChI=1S/C10H14N5O/c1-8-10(14(3)16)6-11-15(8)7-9-4-5-13(2)12-9/h4-6H,7H2,1-3H3/q+1. The molecule has 0 atom stereocenters. The van der Waals surface area contributed by atoms with Crippen LogP contribution in [-0.2, 0) is 13.6 Å². The lowest BCUT2D eigenvalue weighted by atomic mass is 10.4. The first-order valence-electron chi connectivity index (χ1n) is 4.99. The van der Waals surface area contributed by atoms with E-state index in [2.05, 4.69) is 10.2 Å². The molecule has 0 fully saturated rings. The Morgan fingerprint density at radius 2 is 2.25 bits per heavy atom. The average molecular weight is 220 g/mol. The molecule has 2 aromatic rings. The Bertz CT molecular complexity index is 525. The topological polar surface area (TPSA) is 55.7 Å². The number of nitrogens with zero attached hydrogens (tertiary/aromatic N) is 5. The van der Waals surface area contributed by atoms with E-state index in [4.69, 9.17) is 0 Å². The fraction of sp³-hybridized carbons (Fsp3) is 0.400. The molecule has 0 amide bonds. The van der Waals surface area contributed by atoms with E-state index in [0.717, 1.165) is 16.1 Å². The monoisotopic (exact) mass is 220 g/mol. The van der Waals surface area contributed by atoms with Gasteiger partial charge in [-0.25, -0.2) is 0 Å². The zero-order valence-electron chi connectivity index (χ0n) is 9.58. The van der Waals surface area contributed by atoms with Crippen LogP contribution in [0.2, 0.25) is 0 Å². The van der Waals surface area contributed by atoms with Gasteiger partial charge >= 0.3 is 0 Å². The number of hydrogen-bond acceptors (Lipinski definition) is 3. The largest absolute Gasteiger partial charge is 0.296 e. The molecule has 2 heterocycles. The van der Waals surface area contributed by atoms with E-state index >= 15 is 0 Å². The summed E-state index contributed by atoms with van der Waals surface area (Å²) >= 11 is 0. The van der Waals surface area contributed by atoms with E-state index in [9.17, 15) is 4.91 Å². The van der Waals surface area contributed by atoms with Gasteiger partial charge in [0.1, 0.15) is 11.9 Å². The molecule has 84 valence electrons. The summed E-state index contributed by atoms with van der Waals surface area (Å²) in [6.07, 6.45) is 3.46. The lowest BCUT2D eigenvalue weighted by Crippen LogP contribution is -2.05. The Morgan fingerprint density at radius 1 is 1.50 bits per heavy atom. The third-order valence-electron chi connectivity index (χ3n) is 2.50. The number of rotatable bonds is 3. The molecular weight excluding hydrogens is 206 g/mol. The van der Waals surface area contributed by atoms with Crippen LogP contribution < -0.4 is 0 Å². The Hall–Kier alpha value is -1.98. The van der Waals surface area contributed by atoms with Crippen LogP contribution in [0.25, 0.3) is 0 Å². The lowest BCUT2D eigenvalue weighted by Gasteiger charge is -1.99. The summed E-state index contributed by atoms with van der Waals surface area (Å²) in [7, 11) is 3.34. The zero-order chi connectivity index (χ0) is 11.7. The number of aromatic nitrogens is 4. The molecule has 0 aliphatic carbocycles. The first kappa shape index (κ1) is 10.5. The molecule has 0 N–H and O–H groups in total. The molecule has 0 aromatic carbocycles.